The van der Waals surface area contributed by atoms with Gasteiger partial charge < -0.3 is 14.2 Å². The summed E-state index contributed by atoms with van der Waals surface area (Å²) < 4.78 is 17.4. The van der Waals surface area contributed by atoms with Crippen molar-refractivity contribution in [1.82, 2.24) is 4.90 Å². The van der Waals surface area contributed by atoms with Gasteiger partial charge in [-0.3, -0.25) is 9.69 Å². The number of carbonyl (C=O) groups excluding carboxylic acids is 1. The lowest BCUT2D eigenvalue weighted by Crippen LogP contribution is -2.33. The van der Waals surface area contributed by atoms with Crippen molar-refractivity contribution in [2.45, 2.75) is 39.2 Å². The molecule has 3 aromatic carbocycles. The molecule has 0 saturated carbocycles. The molecule has 0 amide bonds. The van der Waals surface area contributed by atoms with Gasteiger partial charge in [-0.05, 0) is 58.9 Å². The number of hydrogen-bond acceptors (Lipinski definition) is 5. The van der Waals surface area contributed by atoms with Crippen LogP contribution in [0.1, 0.15) is 53.4 Å². The summed E-state index contributed by atoms with van der Waals surface area (Å²) in [6.07, 6.45) is 2.72. The van der Waals surface area contributed by atoms with Gasteiger partial charge in [-0.1, -0.05) is 57.2 Å². The van der Waals surface area contributed by atoms with E-state index < -0.39 is 0 Å². The third-order valence-corrected chi connectivity index (χ3v) is 6.63. The van der Waals surface area contributed by atoms with Gasteiger partial charge in [-0.15, -0.1) is 0 Å². The first-order valence-corrected chi connectivity index (χ1v) is 12.0. The number of nitrogens with zero attached hydrogens (tertiary/aromatic N) is 1. The van der Waals surface area contributed by atoms with Crippen molar-refractivity contribution in [3.05, 3.63) is 94.2 Å². The minimum absolute atomic E-state index is 0.0832. The molecule has 2 aliphatic rings. The Morgan fingerprint density at radius 1 is 1.00 bits per heavy atom. The zero-order valence-electron chi connectivity index (χ0n) is 20.8. The predicted octanol–water partition coefficient (Wildman–Crippen LogP) is 6.00. The average Bonchev–Trinajstić information content (AvgIpc) is 3.18. The highest BCUT2D eigenvalue weighted by Gasteiger charge is 2.33. The Balaban J connectivity index is 1.32. The van der Waals surface area contributed by atoms with Crippen LogP contribution in [0.25, 0.3) is 6.08 Å². The minimum atomic E-state index is -0.0851. The minimum Gasteiger partial charge on any atom is -0.497 e. The number of Topliss-reactive ketones (excluding diaryl/α,β-unsaturated/α-hetero) is 1. The van der Waals surface area contributed by atoms with Crippen LogP contribution >= 0.6 is 0 Å². The smallest absolute Gasteiger partial charge is 0.231 e. The van der Waals surface area contributed by atoms with E-state index >= 15 is 0 Å². The summed E-state index contributed by atoms with van der Waals surface area (Å²) in [5, 5.41) is 0. The van der Waals surface area contributed by atoms with Crippen molar-refractivity contribution < 1.29 is 19.0 Å². The summed E-state index contributed by atoms with van der Waals surface area (Å²) in [5.74, 6) is 2.54. The number of hydrogen-bond donors (Lipinski definition) is 0. The molecular formula is C30H31NO4. The van der Waals surface area contributed by atoms with Crippen LogP contribution < -0.4 is 14.2 Å². The van der Waals surface area contributed by atoms with Crippen molar-refractivity contribution >= 4 is 11.9 Å². The number of ether oxygens (including phenoxy) is 3. The van der Waals surface area contributed by atoms with Crippen LogP contribution in [0.3, 0.4) is 0 Å². The van der Waals surface area contributed by atoms with Gasteiger partial charge in [0.2, 0.25) is 5.78 Å². The van der Waals surface area contributed by atoms with Crippen LogP contribution in [-0.2, 0) is 18.4 Å². The lowest BCUT2D eigenvalue weighted by molar-refractivity contribution is 0.0949. The molecule has 0 aliphatic carbocycles. The number of allylic oxidation sites excluding steroid dienone is 1. The van der Waals surface area contributed by atoms with E-state index in [1.807, 2.05) is 42.5 Å². The SMILES string of the molecule is COc1ccc(CCN2COc3ccc4c(c3C2)O/C(=C\c2ccc(C(C)(C)C)cc2)C4=O)cc1. The number of carbonyl (C=O) groups is 1. The molecule has 5 nitrogen and oxygen atoms in total. The maximum atomic E-state index is 13.1. The van der Waals surface area contributed by atoms with Crippen molar-refractivity contribution in [3.8, 4) is 17.2 Å². The average molecular weight is 470 g/mol. The van der Waals surface area contributed by atoms with E-state index in [-0.39, 0.29) is 11.2 Å². The molecule has 2 aliphatic heterocycles. The fraction of sp³-hybridized carbons (Fsp3) is 0.300. The van der Waals surface area contributed by atoms with E-state index in [0.29, 0.717) is 30.3 Å². The predicted molar refractivity (Wildman–Crippen MR) is 137 cm³/mol. The summed E-state index contributed by atoms with van der Waals surface area (Å²) in [6.45, 7) is 8.59. The second kappa shape index (κ2) is 9.23. The molecule has 3 aromatic rings. The van der Waals surface area contributed by atoms with Crippen LogP contribution in [0.2, 0.25) is 0 Å². The third-order valence-electron chi connectivity index (χ3n) is 6.63. The molecule has 180 valence electrons. The fourth-order valence-electron chi connectivity index (χ4n) is 4.46. The fourth-order valence-corrected chi connectivity index (χ4v) is 4.46. The van der Waals surface area contributed by atoms with Gasteiger partial charge in [-0.25, -0.2) is 0 Å². The molecule has 0 radical (unpaired) electrons. The Morgan fingerprint density at radius 3 is 2.43 bits per heavy atom. The van der Waals surface area contributed by atoms with E-state index in [1.165, 1.54) is 11.1 Å². The largest absolute Gasteiger partial charge is 0.497 e. The number of rotatable bonds is 5. The molecule has 5 heteroatoms. The molecule has 0 spiro atoms. The zero-order valence-corrected chi connectivity index (χ0v) is 20.8. The zero-order chi connectivity index (χ0) is 24.6. The molecule has 35 heavy (non-hydrogen) atoms. The highest BCUT2D eigenvalue weighted by atomic mass is 16.5. The summed E-state index contributed by atoms with van der Waals surface area (Å²) in [6, 6.07) is 20.1. The number of fused-ring (bicyclic) bond motifs is 3. The maximum Gasteiger partial charge on any atom is 0.231 e. The van der Waals surface area contributed by atoms with Crippen LogP contribution in [0.5, 0.6) is 17.2 Å². The Labute approximate surface area is 206 Å². The van der Waals surface area contributed by atoms with Gasteiger partial charge in [0.15, 0.2) is 5.76 Å². The van der Waals surface area contributed by atoms with Crippen LogP contribution in [0.4, 0.5) is 0 Å². The highest BCUT2D eigenvalue weighted by Crippen LogP contribution is 2.42. The van der Waals surface area contributed by atoms with E-state index in [0.717, 1.165) is 35.6 Å². The molecule has 0 fully saturated rings. The van der Waals surface area contributed by atoms with E-state index in [2.05, 4.69) is 49.9 Å². The summed E-state index contributed by atoms with van der Waals surface area (Å²) in [5.41, 5.74) is 5.05. The number of methoxy groups -OCH3 is 1. The number of benzene rings is 3. The Morgan fingerprint density at radius 2 is 1.74 bits per heavy atom. The maximum absolute atomic E-state index is 13.1. The van der Waals surface area contributed by atoms with Gasteiger partial charge in [0.05, 0.1) is 18.2 Å². The summed E-state index contributed by atoms with van der Waals surface area (Å²) in [7, 11) is 1.67. The molecule has 0 N–H and O–H groups in total. The molecule has 5 rings (SSSR count). The van der Waals surface area contributed by atoms with Crippen LogP contribution in [-0.4, -0.2) is 31.1 Å². The van der Waals surface area contributed by atoms with E-state index in [9.17, 15) is 4.79 Å². The van der Waals surface area contributed by atoms with Crippen LogP contribution in [0, 0.1) is 0 Å². The first-order chi connectivity index (χ1) is 16.8. The molecule has 0 aromatic heterocycles. The Kier molecular flexibility index (Phi) is 6.12. The second-order valence-electron chi connectivity index (χ2n) is 10.2. The third kappa shape index (κ3) is 4.82. The second-order valence-corrected chi connectivity index (χ2v) is 10.2. The van der Waals surface area contributed by atoms with Gasteiger partial charge in [0.25, 0.3) is 0 Å². The van der Waals surface area contributed by atoms with Crippen molar-refractivity contribution in [2.24, 2.45) is 0 Å². The standard InChI is InChI=1S/C30H31NO4/c1-30(2,3)22-9-5-21(6-10-22)17-27-28(32)24-13-14-26-25(29(24)35-27)18-31(19-34-26)16-15-20-7-11-23(33-4)12-8-20/h5-14,17H,15-16,18-19H2,1-4H3/b27-17-. The first-order valence-electron chi connectivity index (χ1n) is 12.0. The lowest BCUT2D eigenvalue weighted by atomic mass is 9.86. The quantitative estimate of drug-likeness (QED) is 0.429. The first kappa shape index (κ1) is 23.2. The molecular weight excluding hydrogens is 438 g/mol. The van der Waals surface area contributed by atoms with E-state index in [4.69, 9.17) is 14.2 Å². The molecule has 0 saturated heterocycles. The molecule has 0 bridgehead atoms. The Hall–Kier alpha value is -3.57. The monoisotopic (exact) mass is 469 g/mol. The number of ketones is 1. The van der Waals surface area contributed by atoms with Gasteiger partial charge in [0.1, 0.15) is 24.0 Å². The Bertz CT molecular complexity index is 1270. The summed E-state index contributed by atoms with van der Waals surface area (Å²) >= 11 is 0. The molecule has 0 unspecified atom stereocenters. The van der Waals surface area contributed by atoms with Crippen molar-refractivity contribution in [1.29, 1.82) is 0 Å². The normalized spacial score (nSPS) is 16.5. The van der Waals surface area contributed by atoms with Crippen molar-refractivity contribution in [3.63, 3.8) is 0 Å². The molecule has 2 heterocycles. The van der Waals surface area contributed by atoms with Gasteiger partial charge in [0, 0.05) is 13.1 Å². The highest BCUT2D eigenvalue weighted by molar-refractivity contribution is 6.15. The van der Waals surface area contributed by atoms with Gasteiger partial charge >= 0.3 is 0 Å². The van der Waals surface area contributed by atoms with E-state index in [1.54, 1.807) is 7.11 Å². The lowest BCUT2D eigenvalue weighted by Gasteiger charge is -2.29. The van der Waals surface area contributed by atoms with Gasteiger partial charge in [-0.2, -0.15) is 0 Å². The molecule has 0 atom stereocenters. The van der Waals surface area contributed by atoms with Crippen LogP contribution in [0.15, 0.2) is 66.4 Å². The topological polar surface area (TPSA) is 48.0 Å². The summed E-state index contributed by atoms with van der Waals surface area (Å²) in [4.78, 5) is 15.3. The van der Waals surface area contributed by atoms with Crippen molar-refractivity contribution in [2.75, 3.05) is 20.4 Å².